The van der Waals surface area contributed by atoms with Crippen molar-refractivity contribution in [3.63, 3.8) is 0 Å². The highest BCUT2D eigenvalue weighted by Gasteiger charge is 2.37. The highest BCUT2D eigenvalue weighted by Crippen LogP contribution is 2.22. The SMILES string of the molecule is NC1(O)CN(c2cccnc2)C1. The first-order chi connectivity index (χ1) is 5.67. The number of nitrogens with zero attached hydrogens (tertiary/aromatic N) is 2. The minimum atomic E-state index is -1.00. The van der Waals surface area contributed by atoms with E-state index in [-0.39, 0.29) is 0 Å². The summed E-state index contributed by atoms with van der Waals surface area (Å²) in [5.74, 6) is 0. The third kappa shape index (κ3) is 1.26. The first-order valence-corrected chi connectivity index (χ1v) is 3.84. The lowest BCUT2D eigenvalue weighted by atomic mass is 10.1. The van der Waals surface area contributed by atoms with Crippen LogP contribution in [0.3, 0.4) is 0 Å². The molecule has 0 radical (unpaired) electrons. The van der Waals surface area contributed by atoms with Gasteiger partial charge in [-0.25, -0.2) is 0 Å². The Morgan fingerprint density at radius 3 is 2.83 bits per heavy atom. The maximum Gasteiger partial charge on any atom is 0.148 e. The Hall–Kier alpha value is -1.13. The second kappa shape index (κ2) is 2.43. The Morgan fingerprint density at radius 2 is 2.33 bits per heavy atom. The Balaban J connectivity index is 2.06. The van der Waals surface area contributed by atoms with Crippen molar-refractivity contribution in [2.45, 2.75) is 5.72 Å². The molecule has 1 aliphatic heterocycles. The van der Waals surface area contributed by atoms with Gasteiger partial charge in [-0.05, 0) is 12.1 Å². The van der Waals surface area contributed by atoms with E-state index >= 15 is 0 Å². The van der Waals surface area contributed by atoms with Crippen LogP contribution in [0.15, 0.2) is 24.5 Å². The van der Waals surface area contributed by atoms with Crippen LogP contribution in [0.4, 0.5) is 5.69 Å². The molecule has 1 aliphatic rings. The molecule has 0 atom stereocenters. The second-order valence-electron chi connectivity index (χ2n) is 3.17. The number of hydrogen-bond donors (Lipinski definition) is 2. The van der Waals surface area contributed by atoms with E-state index in [0.29, 0.717) is 13.1 Å². The summed E-state index contributed by atoms with van der Waals surface area (Å²) in [5.41, 5.74) is 5.45. The van der Waals surface area contributed by atoms with Crippen LogP contribution in [0.1, 0.15) is 0 Å². The monoisotopic (exact) mass is 165 g/mol. The summed E-state index contributed by atoms with van der Waals surface area (Å²) in [7, 11) is 0. The summed E-state index contributed by atoms with van der Waals surface area (Å²) in [4.78, 5) is 5.95. The van der Waals surface area contributed by atoms with E-state index in [1.165, 1.54) is 0 Å². The fourth-order valence-electron chi connectivity index (χ4n) is 1.34. The largest absolute Gasteiger partial charge is 0.372 e. The van der Waals surface area contributed by atoms with Crippen molar-refractivity contribution in [3.05, 3.63) is 24.5 Å². The van der Waals surface area contributed by atoms with Crippen LogP contribution in [0.25, 0.3) is 0 Å². The molecule has 0 unspecified atom stereocenters. The van der Waals surface area contributed by atoms with Crippen LogP contribution >= 0.6 is 0 Å². The van der Waals surface area contributed by atoms with Crippen LogP contribution in [-0.4, -0.2) is 28.9 Å². The van der Waals surface area contributed by atoms with Crippen molar-refractivity contribution in [1.82, 2.24) is 4.98 Å². The quantitative estimate of drug-likeness (QED) is 0.553. The normalized spacial score (nSPS) is 20.3. The van der Waals surface area contributed by atoms with Crippen LogP contribution in [-0.2, 0) is 0 Å². The molecule has 4 heteroatoms. The Morgan fingerprint density at radius 1 is 1.58 bits per heavy atom. The van der Waals surface area contributed by atoms with Gasteiger partial charge in [-0.2, -0.15) is 0 Å². The number of anilines is 1. The van der Waals surface area contributed by atoms with Gasteiger partial charge in [0, 0.05) is 6.20 Å². The smallest absolute Gasteiger partial charge is 0.148 e. The van der Waals surface area contributed by atoms with Crippen molar-refractivity contribution < 1.29 is 5.11 Å². The number of rotatable bonds is 1. The predicted octanol–water partition coefficient (Wildman–Crippen LogP) is -0.451. The molecule has 12 heavy (non-hydrogen) atoms. The molecular formula is C8H11N3O. The summed E-state index contributed by atoms with van der Waals surface area (Å²) in [6, 6.07) is 3.81. The highest BCUT2D eigenvalue weighted by molar-refractivity contribution is 5.47. The van der Waals surface area contributed by atoms with E-state index in [1.807, 2.05) is 17.0 Å². The third-order valence-electron chi connectivity index (χ3n) is 1.94. The molecule has 2 heterocycles. The molecule has 0 aliphatic carbocycles. The summed E-state index contributed by atoms with van der Waals surface area (Å²) in [6.07, 6.45) is 3.48. The van der Waals surface area contributed by atoms with Crippen molar-refractivity contribution in [2.75, 3.05) is 18.0 Å². The van der Waals surface area contributed by atoms with Gasteiger partial charge in [0.2, 0.25) is 0 Å². The zero-order valence-corrected chi connectivity index (χ0v) is 6.64. The van der Waals surface area contributed by atoms with E-state index in [1.54, 1.807) is 12.4 Å². The van der Waals surface area contributed by atoms with E-state index < -0.39 is 5.72 Å². The molecule has 1 saturated heterocycles. The molecule has 1 aromatic heterocycles. The maximum absolute atomic E-state index is 9.26. The van der Waals surface area contributed by atoms with Crippen LogP contribution in [0.5, 0.6) is 0 Å². The molecule has 2 rings (SSSR count). The fraction of sp³-hybridized carbons (Fsp3) is 0.375. The van der Waals surface area contributed by atoms with Gasteiger partial charge >= 0.3 is 0 Å². The first-order valence-electron chi connectivity index (χ1n) is 3.84. The van der Waals surface area contributed by atoms with Crippen molar-refractivity contribution in [3.8, 4) is 0 Å². The fourth-order valence-corrected chi connectivity index (χ4v) is 1.34. The molecule has 3 N–H and O–H groups in total. The van der Waals surface area contributed by atoms with Crippen LogP contribution in [0.2, 0.25) is 0 Å². The Labute approximate surface area is 70.6 Å². The second-order valence-corrected chi connectivity index (χ2v) is 3.17. The Kier molecular flexibility index (Phi) is 1.52. The number of nitrogens with two attached hydrogens (primary N) is 1. The van der Waals surface area contributed by atoms with Crippen molar-refractivity contribution in [2.24, 2.45) is 5.73 Å². The van der Waals surface area contributed by atoms with Gasteiger partial charge in [-0.3, -0.25) is 4.98 Å². The number of β-amino-alcohol motifs (C(OH)–C–C–N with tert-alkyl or cyclic N) is 1. The number of hydrogen-bond acceptors (Lipinski definition) is 4. The molecule has 64 valence electrons. The zero-order valence-electron chi connectivity index (χ0n) is 6.64. The van der Waals surface area contributed by atoms with Gasteiger partial charge < -0.3 is 15.7 Å². The van der Waals surface area contributed by atoms with Crippen LogP contribution < -0.4 is 10.6 Å². The number of pyridine rings is 1. The van der Waals surface area contributed by atoms with Crippen LogP contribution in [0, 0.1) is 0 Å². The van der Waals surface area contributed by atoms with Gasteiger partial charge in [-0.15, -0.1) is 0 Å². The molecule has 0 spiro atoms. The van der Waals surface area contributed by atoms with E-state index in [0.717, 1.165) is 5.69 Å². The van der Waals surface area contributed by atoms with Gasteiger partial charge in [0.1, 0.15) is 5.72 Å². The number of aliphatic hydroxyl groups is 1. The van der Waals surface area contributed by atoms with Crippen molar-refractivity contribution >= 4 is 5.69 Å². The highest BCUT2D eigenvalue weighted by atomic mass is 16.3. The topological polar surface area (TPSA) is 62.4 Å². The molecule has 0 bridgehead atoms. The lowest BCUT2D eigenvalue weighted by molar-refractivity contribution is 0.0185. The average molecular weight is 165 g/mol. The summed E-state index contributed by atoms with van der Waals surface area (Å²) in [5, 5.41) is 9.26. The summed E-state index contributed by atoms with van der Waals surface area (Å²) >= 11 is 0. The third-order valence-corrected chi connectivity index (χ3v) is 1.94. The van der Waals surface area contributed by atoms with Gasteiger partial charge in [0.05, 0.1) is 25.0 Å². The average Bonchev–Trinajstić information content (AvgIpc) is 2.02. The minimum absolute atomic E-state index is 0.485. The minimum Gasteiger partial charge on any atom is -0.372 e. The lowest BCUT2D eigenvalue weighted by Crippen LogP contribution is -2.67. The number of aromatic nitrogens is 1. The van der Waals surface area contributed by atoms with Gasteiger partial charge in [0.25, 0.3) is 0 Å². The molecule has 1 fully saturated rings. The molecule has 1 aromatic rings. The molecule has 4 nitrogen and oxygen atoms in total. The lowest BCUT2D eigenvalue weighted by Gasteiger charge is -2.44. The Bertz CT molecular complexity index is 265. The standard InChI is InChI=1S/C8H11N3O/c9-8(12)5-11(6-8)7-2-1-3-10-4-7/h1-4,12H,5-6,9H2. The molecule has 0 saturated carbocycles. The van der Waals surface area contributed by atoms with Crippen molar-refractivity contribution in [1.29, 1.82) is 0 Å². The molecule has 0 amide bonds. The van der Waals surface area contributed by atoms with E-state index in [9.17, 15) is 5.11 Å². The van der Waals surface area contributed by atoms with E-state index in [2.05, 4.69) is 4.98 Å². The zero-order chi connectivity index (χ0) is 8.60. The summed E-state index contributed by atoms with van der Waals surface area (Å²) in [6.45, 7) is 0.970. The maximum atomic E-state index is 9.26. The summed E-state index contributed by atoms with van der Waals surface area (Å²) < 4.78 is 0. The van der Waals surface area contributed by atoms with Gasteiger partial charge in [0.15, 0.2) is 0 Å². The molecule has 0 aromatic carbocycles. The van der Waals surface area contributed by atoms with E-state index in [4.69, 9.17) is 5.73 Å². The molecular weight excluding hydrogens is 154 g/mol. The predicted molar refractivity (Wildman–Crippen MR) is 45.6 cm³/mol. The first kappa shape index (κ1) is 7.52. The van der Waals surface area contributed by atoms with Gasteiger partial charge in [-0.1, -0.05) is 0 Å².